The van der Waals surface area contributed by atoms with Crippen LogP contribution in [0.3, 0.4) is 0 Å². The molecule has 1 saturated heterocycles. The highest BCUT2D eigenvalue weighted by molar-refractivity contribution is 4.92. The second-order valence-corrected chi connectivity index (χ2v) is 4.51. The molecule has 0 atom stereocenters. The molecule has 0 aromatic carbocycles. The lowest BCUT2D eigenvalue weighted by Crippen LogP contribution is -2.32. The van der Waals surface area contributed by atoms with Gasteiger partial charge in [0.2, 0.25) is 0 Å². The highest BCUT2D eigenvalue weighted by atomic mass is 15.1. The molecule has 16 heavy (non-hydrogen) atoms. The number of nitrogens with zero attached hydrogens (tertiary/aromatic N) is 2. The second kappa shape index (κ2) is 6.66. The Morgan fingerprint density at radius 2 is 2.19 bits per heavy atom. The van der Waals surface area contributed by atoms with Crippen LogP contribution in [0.4, 0.5) is 0 Å². The molecule has 0 spiro atoms. The summed E-state index contributed by atoms with van der Waals surface area (Å²) in [4.78, 5) is 9.67. The molecule has 2 heterocycles. The normalized spacial score (nSPS) is 17.8. The van der Waals surface area contributed by atoms with Crippen molar-refractivity contribution in [3.05, 3.63) is 18.2 Å². The number of likely N-dealkylation sites (tertiary alicyclic amines) is 1. The van der Waals surface area contributed by atoms with E-state index in [1.807, 2.05) is 6.20 Å². The highest BCUT2D eigenvalue weighted by Gasteiger charge is 2.08. The Morgan fingerprint density at radius 1 is 1.31 bits per heavy atom. The van der Waals surface area contributed by atoms with Crippen LogP contribution >= 0.6 is 0 Å². The molecule has 2 N–H and O–H groups in total. The molecule has 1 fully saturated rings. The molecule has 2 rings (SSSR count). The lowest BCUT2D eigenvalue weighted by atomic mass is 10.1. The van der Waals surface area contributed by atoms with Crippen LogP contribution in [-0.2, 0) is 6.54 Å². The lowest BCUT2D eigenvalue weighted by Gasteiger charge is -2.26. The average molecular weight is 222 g/mol. The summed E-state index contributed by atoms with van der Waals surface area (Å²) >= 11 is 0. The first-order valence-corrected chi connectivity index (χ1v) is 6.35. The Morgan fingerprint density at radius 3 is 2.94 bits per heavy atom. The molecule has 1 aliphatic rings. The van der Waals surface area contributed by atoms with E-state index >= 15 is 0 Å². The third kappa shape index (κ3) is 3.94. The zero-order chi connectivity index (χ0) is 11.1. The summed E-state index contributed by atoms with van der Waals surface area (Å²) in [6.07, 6.45) is 9.05. The van der Waals surface area contributed by atoms with Gasteiger partial charge in [-0.3, -0.25) is 0 Å². The molecule has 1 aliphatic heterocycles. The molecule has 4 heteroatoms. The minimum atomic E-state index is 0.903. The van der Waals surface area contributed by atoms with Gasteiger partial charge in [-0.05, 0) is 45.4 Å². The van der Waals surface area contributed by atoms with Gasteiger partial charge in [0.15, 0.2) is 0 Å². The van der Waals surface area contributed by atoms with Gasteiger partial charge in [0.1, 0.15) is 0 Å². The lowest BCUT2D eigenvalue weighted by molar-refractivity contribution is 0.225. The summed E-state index contributed by atoms with van der Waals surface area (Å²) in [6, 6.07) is 0. The summed E-state index contributed by atoms with van der Waals surface area (Å²) in [6.45, 7) is 5.85. The molecule has 0 bridgehead atoms. The Balaban J connectivity index is 1.48. The maximum Gasteiger partial charge on any atom is 0.0922 e. The van der Waals surface area contributed by atoms with Crippen molar-refractivity contribution >= 4 is 0 Å². The predicted octanol–water partition coefficient (Wildman–Crippen LogP) is 1.38. The van der Waals surface area contributed by atoms with E-state index in [1.54, 1.807) is 6.33 Å². The van der Waals surface area contributed by atoms with E-state index in [4.69, 9.17) is 0 Å². The van der Waals surface area contributed by atoms with Crippen LogP contribution < -0.4 is 5.32 Å². The van der Waals surface area contributed by atoms with Crippen LogP contribution in [0.15, 0.2) is 12.5 Å². The van der Waals surface area contributed by atoms with Crippen LogP contribution in [0.2, 0.25) is 0 Å². The van der Waals surface area contributed by atoms with E-state index in [0.717, 1.165) is 18.8 Å². The van der Waals surface area contributed by atoms with Crippen molar-refractivity contribution in [2.24, 2.45) is 0 Å². The highest BCUT2D eigenvalue weighted by Crippen LogP contribution is 2.08. The number of hydrogen-bond donors (Lipinski definition) is 2. The van der Waals surface area contributed by atoms with Gasteiger partial charge in [0.25, 0.3) is 0 Å². The number of nitrogens with one attached hydrogen (secondary N) is 2. The fourth-order valence-corrected chi connectivity index (χ4v) is 2.22. The van der Waals surface area contributed by atoms with E-state index in [0.29, 0.717) is 0 Å². The Labute approximate surface area is 97.4 Å². The fourth-order valence-electron chi connectivity index (χ4n) is 2.22. The van der Waals surface area contributed by atoms with Gasteiger partial charge >= 0.3 is 0 Å². The van der Waals surface area contributed by atoms with Gasteiger partial charge in [0.05, 0.1) is 6.33 Å². The molecule has 0 unspecified atom stereocenters. The van der Waals surface area contributed by atoms with Crippen molar-refractivity contribution in [1.82, 2.24) is 20.2 Å². The zero-order valence-electron chi connectivity index (χ0n) is 9.91. The molecule has 1 aromatic rings. The number of hydrogen-bond acceptors (Lipinski definition) is 3. The first-order chi connectivity index (χ1) is 7.95. The predicted molar refractivity (Wildman–Crippen MR) is 65.2 cm³/mol. The van der Waals surface area contributed by atoms with Gasteiger partial charge in [-0.2, -0.15) is 0 Å². The summed E-state index contributed by atoms with van der Waals surface area (Å²) < 4.78 is 0. The standard InChI is InChI=1S/C12H22N4/c1-2-6-16(7-3-1)8-4-5-13-9-12-10-14-11-15-12/h10-11,13H,1-9H2,(H,14,15). The number of imidazole rings is 1. The third-order valence-corrected chi connectivity index (χ3v) is 3.15. The molecule has 90 valence electrons. The Bertz CT molecular complexity index is 265. The number of aromatic nitrogens is 2. The number of H-pyrrole nitrogens is 1. The topological polar surface area (TPSA) is 44.0 Å². The summed E-state index contributed by atoms with van der Waals surface area (Å²) in [5.74, 6) is 0. The molecule has 0 saturated carbocycles. The molecule has 1 aromatic heterocycles. The smallest absolute Gasteiger partial charge is 0.0922 e. The van der Waals surface area contributed by atoms with E-state index in [2.05, 4.69) is 20.2 Å². The monoisotopic (exact) mass is 222 g/mol. The van der Waals surface area contributed by atoms with Crippen molar-refractivity contribution in [3.63, 3.8) is 0 Å². The Hall–Kier alpha value is -0.870. The minimum Gasteiger partial charge on any atom is -0.347 e. The van der Waals surface area contributed by atoms with Crippen LogP contribution in [0.5, 0.6) is 0 Å². The molecule has 4 nitrogen and oxygen atoms in total. The number of aromatic amines is 1. The van der Waals surface area contributed by atoms with Crippen molar-refractivity contribution < 1.29 is 0 Å². The van der Waals surface area contributed by atoms with E-state index in [9.17, 15) is 0 Å². The van der Waals surface area contributed by atoms with Gasteiger partial charge in [-0.1, -0.05) is 6.42 Å². The zero-order valence-corrected chi connectivity index (χ0v) is 9.91. The first kappa shape index (κ1) is 11.6. The van der Waals surface area contributed by atoms with Crippen molar-refractivity contribution in [3.8, 4) is 0 Å². The largest absolute Gasteiger partial charge is 0.347 e. The van der Waals surface area contributed by atoms with Crippen molar-refractivity contribution in [2.75, 3.05) is 26.2 Å². The van der Waals surface area contributed by atoms with E-state index < -0.39 is 0 Å². The number of piperidine rings is 1. The number of rotatable bonds is 6. The average Bonchev–Trinajstić information content (AvgIpc) is 2.83. The van der Waals surface area contributed by atoms with Crippen LogP contribution in [0, 0.1) is 0 Å². The van der Waals surface area contributed by atoms with Gasteiger partial charge < -0.3 is 15.2 Å². The first-order valence-electron chi connectivity index (χ1n) is 6.35. The minimum absolute atomic E-state index is 0.903. The maximum atomic E-state index is 3.99. The summed E-state index contributed by atoms with van der Waals surface area (Å²) in [5, 5.41) is 3.43. The second-order valence-electron chi connectivity index (χ2n) is 4.51. The van der Waals surface area contributed by atoms with E-state index in [-0.39, 0.29) is 0 Å². The maximum absolute atomic E-state index is 3.99. The molecular weight excluding hydrogens is 200 g/mol. The van der Waals surface area contributed by atoms with Gasteiger partial charge in [-0.25, -0.2) is 4.98 Å². The SMILES string of the molecule is c1ncc(CNCCCN2CCCCC2)[nH]1. The Kier molecular flexibility index (Phi) is 4.83. The summed E-state index contributed by atoms with van der Waals surface area (Å²) in [7, 11) is 0. The van der Waals surface area contributed by atoms with Crippen LogP contribution in [-0.4, -0.2) is 41.0 Å². The molecule has 0 radical (unpaired) electrons. The molecule has 0 amide bonds. The molecule has 0 aliphatic carbocycles. The van der Waals surface area contributed by atoms with Crippen molar-refractivity contribution in [2.45, 2.75) is 32.2 Å². The summed E-state index contributed by atoms with van der Waals surface area (Å²) in [5.41, 5.74) is 1.16. The van der Waals surface area contributed by atoms with Gasteiger partial charge in [0, 0.05) is 18.4 Å². The van der Waals surface area contributed by atoms with Gasteiger partial charge in [-0.15, -0.1) is 0 Å². The quantitative estimate of drug-likeness (QED) is 0.715. The third-order valence-electron chi connectivity index (χ3n) is 3.15. The molecular formula is C12H22N4. The van der Waals surface area contributed by atoms with Crippen molar-refractivity contribution in [1.29, 1.82) is 0 Å². The van der Waals surface area contributed by atoms with Crippen LogP contribution in [0.25, 0.3) is 0 Å². The van der Waals surface area contributed by atoms with E-state index in [1.165, 1.54) is 45.3 Å². The van der Waals surface area contributed by atoms with Crippen LogP contribution in [0.1, 0.15) is 31.4 Å². The fraction of sp³-hybridized carbons (Fsp3) is 0.750.